The number of carbonyl (C=O) groups excluding carboxylic acids is 2. The van der Waals surface area contributed by atoms with Crippen LogP contribution in [0.25, 0.3) is 0 Å². The summed E-state index contributed by atoms with van der Waals surface area (Å²) in [6, 6.07) is 14.6. The molecular formula is C19H19NO3. The Morgan fingerprint density at radius 2 is 1.83 bits per heavy atom. The van der Waals surface area contributed by atoms with E-state index in [-0.39, 0.29) is 11.7 Å². The zero-order chi connectivity index (χ0) is 16.4. The summed E-state index contributed by atoms with van der Waals surface area (Å²) in [5.41, 5.74) is 1.62. The third kappa shape index (κ3) is 2.84. The number of hydrogen-bond acceptors (Lipinski definition) is 3. The Hall–Kier alpha value is -2.62. The van der Waals surface area contributed by atoms with Gasteiger partial charge in [-0.25, -0.2) is 0 Å². The van der Waals surface area contributed by atoms with Crippen molar-refractivity contribution in [3.8, 4) is 5.75 Å². The van der Waals surface area contributed by atoms with Crippen molar-refractivity contribution in [2.45, 2.75) is 25.2 Å². The lowest BCUT2D eigenvalue weighted by molar-refractivity contribution is -0.118. The molecule has 1 aliphatic rings. The molecule has 0 unspecified atom stereocenters. The van der Waals surface area contributed by atoms with E-state index >= 15 is 0 Å². The molecule has 1 N–H and O–H groups in total. The highest BCUT2D eigenvalue weighted by molar-refractivity contribution is 6.03. The summed E-state index contributed by atoms with van der Waals surface area (Å²) in [4.78, 5) is 24.3. The molecule has 3 rings (SSSR count). The molecule has 0 saturated heterocycles. The van der Waals surface area contributed by atoms with Crippen molar-refractivity contribution >= 4 is 17.4 Å². The van der Waals surface area contributed by atoms with Crippen molar-refractivity contribution in [2.24, 2.45) is 0 Å². The maximum absolute atomic E-state index is 12.8. The number of methoxy groups -OCH3 is 1. The van der Waals surface area contributed by atoms with E-state index < -0.39 is 5.41 Å². The highest BCUT2D eigenvalue weighted by Crippen LogP contribution is 2.51. The number of benzene rings is 2. The lowest BCUT2D eigenvalue weighted by Gasteiger charge is -2.18. The zero-order valence-corrected chi connectivity index (χ0v) is 13.3. The van der Waals surface area contributed by atoms with E-state index in [2.05, 4.69) is 5.32 Å². The maximum atomic E-state index is 12.8. The van der Waals surface area contributed by atoms with Crippen molar-refractivity contribution in [3.63, 3.8) is 0 Å². The molecule has 0 bridgehead atoms. The van der Waals surface area contributed by atoms with Gasteiger partial charge in [-0.1, -0.05) is 30.3 Å². The second kappa shape index (κ2) is 5.88. The molecule has 23 heavy (non-hydrogen) atoms. The summed E-state index contributed by atoms with van der Waals surface area (Å²) in [6.07, 6.45) is 1.59. The smallest absolute Gasteiger partial charge is 0.235 e. The van der Waals surface area contributed by atoms with Crippen molar-refractivity contribution < 1.29 is 14.3 Å². The van der Waals surface area contributed by atoms with Crippen LogP contribution in [-0.4, -0.2) is 18.8 Å². The molecule has 0 aromatic heterocycles. The van der Waals surface area contributed by atoms with E-state index in [1.165, 1.54) is 6.92 Å². The number of anilines is 1. The van der Waals surface area contributed by atoms with Crippen LogP contribution in [0.5, 0.6) is 5.75 Å². The first-order valence-corrected chi connectivity index (χ1v) is 7.63. The Balaban J connectivity index is 1.86. The normalized spacial score (nSPS) is 14.9. The Morgan fingerprint density at radius 3 is 2.48 bits per heavy atom. The molecule has 4 nitrogen and oxygen atoms in total. The molecule has 0 spiro atoms. The fraction of sp³-hybridized carbons (Fsp3) is 0.263. The third-order valence-electron chi connectivity index (χ3n) is 4.33. The fourth-order valence-corrected chi connectivity index (χ4v) is 2.85. The molecule has 1 saturated carbocycles. The molecule has 1 aliphatic carbocycles. The van der Waals surface area contributed by atoms with Crippen LogP contribution < -0.4 is 10.1 Å². The number of ketones is 1. The van der Waals surface area contributed by atoms with Gasteiger partial charge in [0.05, 0.1) is 12.5 Å². The molecule has 118 valence electrons. The Bertz CT molecular complexity index is 763. The molecule has 0 aliphatic heterocycles. The van der Waals surface area contributed by atoms with Crippen LogP contribution in [-0.2, 0) is 10.2 Å². The van der Waals surface area contributed by atoms with Crippen LogP contribution >= 0.6 is 0 Å². The van der Waals surface area contributed by atoms with Gasteiger partial charge < -0.3 is 10.1 Å². The van der Waals surface area contributed by atoms with E-state index in [0.717, 1.165) is 24.2 Å². The van der Waals surface area contributed by atoms with E-state index in [0.29, 0.717) is 11.3 Å². The number of nitrogens with one attached hydrogen (secondary N) is 1. The molecular weight excluding hydrogens is 290 g/mol. The van der Waals surface area contributed by atoms with Gasteiger partial charge in [-0.2, -0.15) is 0 Å². The van der Waals surface area contributed by atoms with Crippen molar-refractivity contribution in [2.75, 3.05) is 12.4 Å². The molecule has 2 aromatic carbocycles. The Kier molecular flexibility index (Phi) is 3.90. The standard InChI is InChI=1S/C19H19NO3/c1-13(21)14-6-5-7-15(12-14)20-18(22)19(10-11-19)16-8-3-4-9-17(16)23-2/h3-9,12H,10-11H2,1-2H3,(H,20,22). The van der Waals surface area contributed by atoms with Gasteiger partial charge in [0.2, 0.25) is 5.91 Å². The predicted octanol–water partition coefficient (Wildman–Crippen LogP) is 3.57. The SMILES string of the molecule is COc1ccccc1C1(C(=O)Nc2cccc(C(C)=O)c2)CC1. The van der Waals surface area contributed by atoms with Crippen molar-refractivity contribution in [3.05, 3.63) is 59.7 Å². The Morgan fingerprint density at radius 1 is 1.09 bits per heavy atom. The lowest BCUT2D eigenvalue weighted by Crippen LogP contribution is -2.28. The van der Waals surface area contributed by atoms with Gasteiger partial charge >= 0.3 is 0 Å². The van der Waals surface area contributed by atoms with Crippen LogP contribution in [0.3, 0.4) is 0 Å². The molecule has 1 fully saturated rings. The molecule has 4 heteroatoms. The average molecular weight is 309 g/mol. The van der Waals surface area contributed by atoms with E-state index in [9.17, 15) is 9.59 Å². The lowest BCUT2D eigenvalue weighted by atomic mass is 9.93. The summed E-state index contributed by atoms with van der Waals surface area (Å²) in [5, 5.41) is 2.94. The van der Waals surface area contributed by atoms with Gasteiger partial charge in [0.1, 0.15) is 5.75 Å². The molecule has 0 atom stereocenters. The second-order valence-electron chi connectivity index (χ2n) is 5.87. The zero-order valence-electron chi connectivity index (χ0n) is 13.3. The fourth-order valence-electron chi connectivity index (χ4n) is 2.85. The first-order valence-electron chi connectivity index (χ1n) is 7.63. The minimum absolute atomic E-state index is 0.0213. The highest BCUT2D eigenvalue weighted by Gasteiger charge is 2.52. The second-order valence-corrected chi connectivity index (χ2v) is 5.87. The summed E-state index contributed by atoms with van der Waals surface area (Å²) < 4.78 is 5.40. The minimum atomic E-state index is -0.529. The number of carbonyl (C=O) groups is 2. The van der Waals surface area contributed by atoms with Gasteiger partial charge in [0.15, 0.2) is 5.78 Å². The number of hydrogen-bond donors (Lipinski definition) is 1. The van der Waals surface area contributed by atoms with Crippen LogP contribution in [0.4, 0.5) is 5.69 Å². The maximum Gasteiger partial charge on any atom is 0.235 e. The summed E-state index contributed by atoms with van der Waals surface area (Å²) >= 11 is 0. The first-order chi connectivity index (χ1) is 11.1. The average Bonchev–Trinajstić information content (AvgIpc) is 3.37. The quantitative estimate of drug-likeness (QED) is 0.859. The van der Waals surface area contributed by atoms with Crippen LogP contribution in [0.1, 0.15) is 35.7 Å². The number of ether oxygens (including phenoxy) is 1. The van der Waals surface area contributed by atoms with Crippen molar-refractivity contribution in [1.82, 2.24) is 0 Å². The molecule has 1 amide bonds. The van der Waals surface area contributed by atoms with Gasteiger partial charge in [-0.05, 0) is 38.0 Å². The minimum Gasteiger partial charge on any atom is -0.496 e. The topological polar surface area (TPSA) is 55.4 Å². The largest absolute Gasteiger partial charge is 0.496 e. The first kappa shape index (κ1) is 15.3. The molecule has 2 aromatic rings. The van der Waals surface area contributed by atoms with Crippen LogP contribution in [0.2, 0.25) is 0 Å². The summed E-state index contributed by atoms with van der Waals surface area (Å²) in [6.45, 7) is 1.51. The molecule has 0 radical (unpaired) electrons. The Labute approximate surface area is 135 Å². The third-order valence-corrected chi connectivity index (χ3v) is 4.33. The van der Waals surface area contributed by atoms with E-state index in [1.807, 2.05) is 24.3 Å². The summed E-state index contributed by atoms with van der Waals surface area (Å²) in [7, 11) is 1.61. The van der Waals surface area contributed by atoms with Gasteiger partial charge in [-0.15, -0.1) is 0 Å². The number of amides is 1. The number of Topliss-reactive ketones (excluding diaryl/α,β-unsaturated/α-hetero) is 1. The number of para-hydroxylation sites is 1. The predicted molar refractivity (Wildman–Crippen MR) is 89.0 cm³/mol. The molecule has 0 heterocycles. The van der Waals surface area contributed by atoms with Gasteiger partial charge in [0.25, 0.3) is 0 Å². The van der Waals surface area contributed by atoms with Gasteiger partial charge in [-0.3, -0.25) is 9.59 Å². The van der Waals surface area contributed by atoms with Crippen molar-refractivity contribution in [1.29, 1.82) is 0 Å². The number of rotatable bonds is 5. The van der Waals surface area contributed by atoms with Gasteiger partial charge in [0, 0.05) is 16.8 Å². The van der Waals surface area contributed by atoms with Crippen LogP contribution in [0, 0.1) is 0 Å². The van der Waals surface area contributed by atoms with E-state index in [1.54, 1.807) is 31.4 Å². The monoisotopic (exact) mass is 309 g/mol. The summed E-state index contributed by atoms with van der Waals surface area (Å²) in [5.74, 6) is 0.660. The highest BCUT2D eigenvalue weighted by atomic mass is 16.5. The van der Waals surface area contributed by atoms with Crippen LogP contribution in [0.15, 0.2) is 48.5 Å². The van der Waals surface area contributed by atoms with E-state index in [4.69, 9.17) is 4.74 Å².